The van der Waals surface area contributed by atoms with E-state index >= 15 is 0 Å². The highest BCUT2D eigenvalue weighted by atomic mass is 32.1. The molecule has 3 heterocycles. The Hall–Kier alpha value is -6.04. The van der Waals surface area contributed by atoms with Gasteiger partial charge in [-0.05, 0) is 57.8 Å². The lowest BCUT2D eigenvalue weighted by atomic mass is 9.98. The molecule has 0 saturated carbocycles. The van der Waals surface area contributed by atoms with E-state index in [2.05, 4.69) is 139 Å². The lowest BCUT2D eigenvalue weighted by Gasteiger charge is -2.23. The Bertz CT molecular complexity index is 2770. The summed E-state index contributed by atoms with van der Waals surface area (Å²) in [7, 11) is 0. The van der Waals surface area contributed by atoms with Crippen molar-refractivity contribution in [2.24, 2.45) is 9.98 Å². The van der Waals surface area contributed by atoms with Crippen molar-refractivity contribution in [2.75, 3.05) is 0 Å². The number of benzene rings is 7. The number of rotatable bonds is 4. The van der Waals surface area contributed by atoms with Gasteiger partial charge in [0, 0.05) is 42.1 Å². The molecule has 10 rings (SSSR count). The maximum Gasteiger partial charge on any atom is 0.169 e. The normalized spacial score (nSPS) is 14.9. The third-order valence-electron chi connectivity index (χ3n) is 9.34. The molecule has 9 aromatic rings. The first-order valence-corrected chi connectivity index (χ1v) is 16.9. The Morgan fingerprint density at radius 2 is 1.19 bits per heavy atom. The molecular weight excluding hydrogens is 607 g/mol. The lowest BCUT2D eigenvalue weighted by Crippen LogP contribution is -2.36. The zero-order valence-corrected chi connectivity index (χ0v) is 26.5. The summed E-state index contributed by atoms with van der Waals surface area (Å²) in [5.41, 5.74) is 7.18. The molecular formula is C43H27N3OS. The molecule has 2 aromatic heterocycles. The van der Waals surface area contributed by atoms with E-state index in [1.165, 1.54) is 30.9 Å². The van der Waals surface area contributed by atoms with Crippen LogP contribution in [-0.2, 0) is 0 Å². The Morgan fingerprint density at radius 3 is 2.08 bits per heavy atom. The van der Waals surface area contributed by atoms with Gasteiger partial charge in [-0.1, -0.05) is 121 Å². The highest BCUT2D eigenvalue weighted by Crippen LogP contribution is 2.38. The molecule has 0 bridgehead atoms. The predicted octanol–water partition coefficient (Wildman–Crippen LogP) is 11.3. The molecule has 7 aromatic carbocycles. The second-order valence-electron chi connectivity index (χ2n) is 12.2. The van der Waals surface area contributed by atoms with E-state index in [1.54, 1.807) is 0 Å². The third-order valence-corrected chi connectivity index (χ3v) is 10.5. The molecule has 1 atom stereocenters. The Labute approximate surface area is 280 Å². The highest BCUT2D eigenvalue weighted by molar-refractivity contribution is 7.25. The highest BCUT2D eigenvalue weighted by Gasteiger charge is 2.22. The van der Waals surface area contributed by atoms with Gasteiger partial charge in [-0.15, -0.1) is 11.3 Å². The van der Waals surface area contributed by atoms with Gasteiger partial charge in [0.25, 0.3) is 0 Å². The first-order valence-electron chi connectivity index (χ1n) is 16.1. The van der Waals surface area contributed by atoms with Crippen LogP contribution in [0.15, 0.2) is 166 Å². The summed E-state index contributed by atoms with van der Waals surface area (Å²) in [6, 6.07) is 53.4. The van der Waals surface area contributed by atoms with E-state index in [1.807, 2.05) is 29.5 Å². The van der Waals surface area contributed by atoms with Crippen LogP contribution in [0.1, 0.15) is 22.9 Å². The van der Waals surface area contributed by atoms with Gasteiger partial charge in [0.1, 0.15) is 22.8 Å². The molecule has 5 heteroatoms. The van der Waals surface area contributed by atoms with Gasteiger partial charge in [0.05, 0.1) is 0 Å². The van der Waals surface area contributed by atoms with Gasteiger partial charge < -0.3 is 9.73 Å². The lowest BCUT2D eigenvalue weighted by molar-refractivity contribution is 0.669. The average Bonchev–Trinajstić information content (AvgIpc) is 3.73. The largest absolute Gasteiger partial charge is 0.456 e. The van der Waals surface area contributed by atoms with Crippen molar-refractivity contribution in [3.63, 3.8) is 0 Å². The summed E-state index contributed by atoms with van der Waals surface area (Å²) in [4.78, 5) is 10.4. The molecule has 0 saturated heterocycles. The topological polar surface area (TPSA) is 49.9 Å². The molecule has 48 heavy (non-hydrogen) atoms. The first-order chi connectivity index (χ1) is 23.7. The van der Waals surface area contributed by atoms with Gasteiger partial charge >= 0.3 is 0 Å². The van der Waals surface area contributed by atoms with Crippen LogP contribution in [0.5, 0.6) is 0 Å². The van der Waals surface area contributed by atoms with E-state index < -0.39 is 0 Å². The Morgan fingerprint density at radius 1 is 0.500 bits per heavy atom. The minimum atomic E-state index is -0.386. The quantitative estimate of drug-likeness (QED) is 0.210. The Kier molecular flexibility index (Phi) is 6.08. The number of nitrogens with zero attached hydrogens (tertiary/aromatic N) is 2. The van der Waals surface area contributed by atoms with Crippen LogP contribution >= 0.6 is 11.3 Å². The van der Waals surface area contributed by atoms with Gasteiger partial charge in [-0.2, -0.15) is 0 Å². The molecule has 0 amide bonds. The number of aliphatic imine (C=N–C) groups is 2. The van der Waals surface area contributed by atoms with Crippen LogP contribution in [0.4, 0.5) is 0 Å². The van der Waals surface area contributed by atoms with Crippen molar-refractivity contribution >= 4 is 75.9 Å². The third kappa shape index (κ3) is 4.43. The van der Waals surface area contributed by atoms with Crippen LogP contribution in [-0.4, -0.2) is 11.7 Å². The number of hydrogen-bond donors (Lipinski definition) is 1. The second-order valence-corrected chi connectivity index (χ2v) is 13.3. The zero-order valence-electron chi connectivity index (χ0n) is 25.7. The molecule has 0 spiro atoms. The van der Waals surface area contributed by atoms with Gasteiger partial charge in [-0.25, -0.2) is 9.98 Å². The molecule has 4 nitrogen and oxygen atoms in total. The van der Waals surface area contributed by atoms with Crippen LogP contribution in [0.25, 0.3) is 64.0 Å². The van der Waals surface area contributed by atoms with E-state index in [9.17, 15) is 0 Å². The summed E-state index contributed by atoms with van der Waals surface area (Å²) in [5, 5.41) is 10.8. The van der Waals surface area contributed by atoms with Crippen LogP contribution in [0.3, 0.4) is 0 Å². The number of amidine groups is 2. The van der Waals surface area contributed by atoms with Gasteiger partial charge in [0.2, 0.25) is 0 Å². The van der Waals surface area contributed by atoms with Gasteiger partial charge in [-0.3, -0.25) is 0 Å². The minimum Gasteiger partial charge on any atom is -0.456 e. The summed E-state index contributed by atoms with van der Waals surface area (Å²) >= 11 is 1.82. The minimum absolute atomic E-state index is 0.386. The smallest absolute Gasteiger partial charge is 0.169 e. The fraction of sp³-hybridized carbons (Fsp3) is 0.0233. The molecule has 1 unspecified atom stereocenters. The molecule has 226 valence electrons. The number of hydrogen-bond acceptors (Lipinski definition) is 5. The molecule has 1 aliphatic rings. The van der Waals surface area contributed by atoms with E-state index in [-0.39, 0.29) is 6.17 Å². The van der Waals surface area contributed by atoms with E-state index in [0.717, 1.165) is 61.4 Å². The van der Waals surface area contributed by atoms with Gasteiger partial charge in [0.15, 0.2) is 6.17 Å². The summed E-state index contributed by atoms with van der Waals surface area (Å²) in [6.07, 6.45) is -0.386. The van der Waals surface area contributed by atoms with Crippen molar-refractivity contribution in [3.05, 3.63) is 168 Å². The van der Waals surface area contributed by atoms with Crippen LogP contribution < -0.4 is 5.32 Å². The maximum absolute atomic E-state index is 6.17. The van der Waals surface area contributed by atoms with Crippen LogP contribution in [0, 0.1) is 0 Å². The standard InChI is InChI=1S/C43H27N3OS/c1-2-9-29-24-30(21-16-26(29)8-1)42-44-41(45-43(46-42)31-22-23-34-33-10-4-6-15-38(33)48-39(34)25-31)28-19-17-27(18-20-28)32-12-7-14-37-40(32)35-11-3-5-13-36(35)47-37/h1-25,43H,(H,44,45,46). The molecule has 1 aliphatic heterocycles. The molecule has 0 aliphatic carbocycles. The summed E-state index contributed by atoms with van der Waals surface area (Å²) in [6.45, 7) is 0. The number of furan rings is 1. The number of para-hydroxylation sites is 1. The summed E-state index contributed by atoms with van der Waals surface area (Å²) < 4.78 is 8.71. The zero-order chi connectivity index (χ0) is 31.6. The second kappa shape index (κ2) is 10.8. The molecule has 0 radical (unpaired) electrons. The predicted molar refractivity (Wildman–Crippen MR) is 201 cm³/mol. The number of fused-ring (bicyclic) bond motifs is 7. The monoisotopic (exact) mass is 633 g/mol. The van der Waals surface area contributed by atoms with E-state index in [0.29, 0.717) is 0 Å². The van der Waals surface area contributed by atoms with Crippen molar-refractivity contribution in [1.82, 2.24) is 5.32 Å². The van der Waals surface area contributed by atoms with Crippen molar-refractivity contribution in [1.29, 1.82) is 0 Å². The Balaban J connectivity index is 1.07. The van der Waals surface area contributed by atoms with Crippen molar-refractivity contribution in [2.45, 2.75) is 6.17 Å². The number of nitrogens with one attached hydrogen (secondary N) is 1. The van der Waals surface area contributed by atoms with E-state index in [4.69, 9.17) is 14.4 Å². The summed E-state index contributed by atoms with van der Waals surface area (Å²) in [5.74, 6) is 1.61. The molecule has 1 N–H and O–H groups in total. The first kappa shape index (κ1) is 27.1. The fourth-order valence-electron chi connectivity index (χ4n) is 6.96. The van der Waals surface area contributed by atoms with Crippen molar-refractivity contribution < 1.29 is 4.42 Å². The average molecular weight is 634 g/mol. The van der Waals surface area contributed by atoms with Crippen molar-refractivity contribution in [3.8, 4) is 11.1 Å². The molecule has 0 fully saturated rings. The fourth-order valence-corrected chi connectivity index (χ4v) is 8.11. The van der Waals surface area contributed by atoms with Crippen LogP contribution in [0.2, 0.25) is 0 Å². The maximum atomic E-state index is 6.17. The SMILES string of the molecule is c1ccc2cc(C3=NC(c4ccc5c(c4)sc4ccccc45)N=C(c4ccc(-c5cccc6oc7ccccc7c56)cc4)N3)ccc2c1. The number of thiophene rings is 1.